The van der Waals surface area contributed by atoms with Crippen molar-refractivity contribution in [3.05, 3.63) is 46.2 Å². The third kappa shape index (κ3) is 4.08. The summed E-state index contributed by atoms with van der Waals surface area (Å²) < 4.78 is 26.9. The number of hydrogen-bond acceptors (Lipinski definition) is 5. The Bertz CT molecular complexity index is 825. The quantitative estimate of drug-likeness (QED) is 0.734. The van der Waals surface area contributed by atoms with Crippen molar-refractivity contribution in [2.75, 3.05) is 11.3 Å². The Morgan fingerprint density at radius 3 is 2.43 bits per heavy atom. The Balaban J connectivity index is 2.18. The van der Waals surface area contributed by atoms with Gasteiger partial charge in [0.2, 0.25) is 0 Å². The topological polar surface area (TPSA) is 113 Å². The number of carboxylic acids is 1. The molecule has 7 nitrogen and oxygen atoms in total. The molecular weight excluding hydrogens is 340 g/mol. The van der Waals surface area contributed by atoms with Crippen LogP contribution < -0.4 is 10.0 Å². The minimum Gasteiger partial charge on any atom is -0.478 e. The average Bonchev–Trinajstić information content (AvgIpc) is 2.98. The molecule has 9 heteroatoms. The molecule has 0 atom stereocenters. The second-order valence-electron chi connectivity index (χ2n) is 4.49. The van der Waals surface area contributed by atoms with Crippen LogP contribution in [0.25, 0.3) is 0 Å². The first kappa shape index (κ1) is 17.0. The number of anilines is 1. The predicted octanol–water partition coefficient (Wildman–Crippen LogP) is 2.00. The Hall–Kier alpha value is -2.39. The summed E-state index contributed by atoms with van der Waals surface area (Å²) in [7, 11) is -3.84. The number of thiophene rings is 1. The molecular formula is C14H14N2O5S2. The van der Waals surface area contributed by atoms with Crippen molar-refractivity contribution in [1.82, 2.24) is 5.32 Å². The molecule has 2 rings (SSSR count). The van der Waals surface area contributed by atoms with Crippen LogP contribution in [0.15, 0.2) is 40.6 Å². The number of benzene rings is 1. The van der Waals surface area contributed by atoms with Gasteiger partial charge in [0.05, 0.1) is 15.3 Å². The monoisotopic (exact) mass is 354 g/mol. The summed E-state index contributed by atoms with van der Waals surface area (Å²) in [4.78, 5) is 22.7. The van der Waals surface area contributed by atoms with E-state index in [0.29, 0.717) is 11.4 Å². The lowest BCUT2D eigenvalue weighted by molar-refractivity contribution is 0.0696. The summed E-state index contributed by atoms with van der Waals surface area (Å²) in [6.07, 6.45) is 0. The SMILES string of the molecule is CCNC(=O)c1cc(S(=O)(=O)Nc2ccc(C(=O)O)cc2)cs1. The fourth-order valence-electron chi connectivity index (χ4n) is 1.72. The van der Waals surface area contributed by atoms with E-state index < -0.39 is 16.0 Å². The molecule has 23 heavy (non-hydrogen) atoms. The molecule has 2 aromatic rings. The van der Waals surface area contributed by atoms with E-state index in [1.54, 1.807) is 6.92 Å². The van der Waals surface area contributed by atoms with E-state index in [0.717, 1.165) is 11.3 Å². The lowest BCUT2D eigenvalue weighted by atomic mass is 10.2. The summed E-state index contributed by atoms with van der Waals surface area (Å²) in [5.74, 6) is -1.42. The van der Waals surface area contributed by atoms with Crippen LogP contribution in [0.2, 0.25) is 0 Å². The van der Waals surface area contributed by atoms with Crippen molar-refractivity contribution in [2.45, 2.75) is 11.8 Å². The predicted molar refractivity (Wildman–Crippen MR) is 86.5 cm³/mol. The Kier molecular flexibility index (Phi) is 5.02. The first-order valence-corrected chi connectivity index (χ1v) is 8.92. The normalized spacial score (nSPS) is 11.0. The van der Waals surface area contributed by atoms with Gasteiger partial charge < -0.3 is 10.4 Å². The summed E-state index contributed by atoms with van der Waals surface area (Å²) in [5.41, 5.74) is 0.294. The second-order valence-corrected chi connectivity index (χ2v) is 7.09. The molecule has 1 amide bonds. The van der Waals surface area contributed by atoms with Crippen molar-refractivity contribution in [1.29, 1.82) is 0 Å². The molecule has 0 fully saturated rings. The van der Waals surface area contributed by atoms with E-state index in [1.165, 1.54) is 35.7 Å². The van der Waals surface area contributed by atoms with Crippen LogP contribution in [0.1, 0.15) is 27.0 Å². The van der Waals surface area contributed by atoms with Gasteiger partial charge in [0, 0.05) is 17.6 Å². The summed E-state index contributed by atoms with van der Waals surface area (Å²) in [6, 6.07) is 6.61. The molecule has 1 heterocycles. The molecule has 1 aromatic carbocycles. The lowest BCUT2D eigenvalue weighted by Gasteiger charge is -2.06. The molecule has 1 aromatic heterocycles. The molecule has 122 valence electrons. The number of aromatic carboxylic acids is 1. The number of carbonyl (C=O) groups excluding carboxylic acids is 1. The molecule has 0 aliphatic carbocycles. The van der Waals surface area contributed by atoms with E-state index >= 15 is 0 Å². The first-order valence-electron chi connectivity index (χ1n) is 6.56. The van der Waals surface area contributed by atoms with Crippen LogP contribution in [0, 0.1) is 0 Å². The van der Waals surface area contributed by atoms with Gasteiger partial charge in [-0.3, -0.25) is 9.52 Å². The maximum absolute atomic E-state index is 12.3. The maximum Gasteiger partial charge on any atom is 0.335 e. The molecule has 0 spiro atoms. The Morgan fingerprint density at radius 1 is 1.22 bits per heavy atom. The van der Waals surface area contributed by atoms with Gasteiger partial charge in [-0.25, -0.2) is 13.2 Å². The van der Waals surface area contributed by atoms with Crippen molar-refractivity contribution < 1.29 is 23.1 Å². The van der Waals surface area contributed by atoms with Crippen LogP contribution in [-0.4, -0.2) is 31.9 Å². The van der Waals surface area contributed by atoms with Crippen LogP contribution in [0.4, 0.5) is 5.69 Å². The number of rotatable bonds is 6. The molecule has 0 saturated carbocycles. The van der Waals surface area contributed by atoms with Gasteiger partial charge in [-0.2, -0.15) is 0 Å². The zero-order valence-electron chi connectivity index (χ0n) is 12.1. The van der Waals surface area contributed by atoms with Gasteiger partial charge >= 0.3 is 5.97 Å². The fraction of sp³-hybridized carbons (Fsp3) is 0.143. The van der Waals surface area contributed by atoms with Gasteiger partial charge in [0.1, 0.15) is 0 Å². The fourth-order valence-corrected chi connectivity index (χ4v) is 3.97. The van der Waals surface area contributed by atoms with E-state index in [-0.39, 0.29) is 22.1 Å². The van der Waals surface area contributed by atoms with Crippen molar-refractivity contribution in [3.8, 4) is 0 Å². The highest BCUT2D eigenvalue weighted by Gasteiger charge is 2.19. The summed E-state index contributed by atoms with van der Waals surface area (Å²) in [6.45, 7) is 2.22. The minimum absolute atomic E-state index is 0.0222. The smallest absolute Gasteiger partial charge is 0.335 e. The molecule has 0 radical (unpaired) electrons. The zero-order valence-corrected chi connectivity index (χ0v) is 13.7. The number of amides is 1. The highest BCUT2D eigenvalue weighted by atomic mass is 32.2. The molecule has 0 unspecified atom stereocenters. The van der Waals surface area contributed by atoms with Crippen LogP contribution in [0.3, 0.4) is 0 Å². The second kappa shape index (κ2) is 6.80. The van der Waals surface area contributed by atoms with Gasteiger partial charge in [-0.05, 0) is 37.3 Å². The van der Waals surface area contributed by atoms with Crippen molar-refractivity contribution >= 4 is 38.9 Å². The Labute approximate surface area is 137 Å². The van der Waals surface area contributed by atoms with Gasteiger partial charge in [0.15, 0.2) is 0 Å². The van der Waals surface area contributed by atoms with Crippen molar-refractivity contribution in [2.24, 2.45) is 0 Å². The van der Waals surface area contributed by atoms with E-state index in [2.05, 4.69) is 10.0 Å². The number of carboxylic acid groups (broad SMARTS) is 1. The number of sulfonamides is 1. The first-order chi connectivity index (χ1) is 10.8. The lowest BCUT2D eigenvalue weighted by Crippen LogP contribution is -2.21. The highest BCUT2D eigenvalue weighted by Crippen LogP contribution is 2.22. The molecule has 0 bridgehead atoms. The van der Waals surface area contributed by atoms with E-state index in [4.69, 9.17) is 5.11 Å². The van der Waals surface area contributed by atoms with Gasteiger partial charge in [0.25, 0.3) is 15.9 Å². The summed E-state index contributed by atoms with van der Waals surface area (Å²) >= 11 is 1.03. The molecule has 3 N–H and O–H groups in total. The summed E-state index contributed by atoms with van der Waals surface area (Å²) in [5, 5.41) is 12.8. The maximum atomic E-state index is 12.3. The minimum atomic E-state index is -3.84. The molecule has 0 aliphatic heterocycles. The van der Waals surface area contributed by atoms with Crippen molar-refractivity contribution in [3.63, 3.8) is 0 Å². The van der Waals surface area contributed by atoms with Crippen LogP contribution in [-0.2, 0) is 10.0 Å². The molecule has 0 aliphatic rings. The van der Waals surface area contributed by atoms with E-state index in [1.807, 2.05) is 0 Å². The third-order valence-corrected chi connectivity index (χ3v) is 5.27. The Morgan fingerprint density at radius 2 is 1.87 bits per heavy atom. The van der Waals surface area contributed by atoms with Crippen LogP contribution in [0.5, 0.6) is 0 Å². The van der Waals surface area contributed by atoms with E-state index in [9.17, 15) is 18.0 Å². The highest BCUT2D eigenvalue weighted by molar-refractivity contribution is 7.92. The third-order valence-electron chi connectivity index (χ3n) is 2.83. The van der Waals surface area contributed by atoms with Crippen LogP contribution >= 0.6 is 11.3 Å². The van der Waals surface area contributed by atoms with Gasteiger partial charge in [-0.1, -0.05) is 0 Å². The average molecular weight is 354 g/mol. The molecule has 0 saturated heterocycles. The number of hydrogen-bond donors (Lipinski definition) is 3. The standard InChI is InChI=1S/C14H14N2O5S2/c1-2-15-13(17)12-7-11(8-22-12)23(20,21)16-10-5-3-9(4-6-10)14(18)19/h3-8,16H,2H2,1H3,(H,15,17)(H,18,19). The number of nitrogens with one attached hydrogen (secondary N) is 2. The zero-order chi connectivity index (χ0) is 17.0. The van der Waals surface area contributed by atoms with Gasteiger partial charge in [-0.15, -0.1) is 11.3 Å². The largest absolute Gasteiger partial charge is 0.478 e. The number of carbonyl (C=O) groups is 2.